The van der Waals surface area contributed by atoms with E-state index >= 15 is 0 Å². The monoisotopic (exact) mass is 267 g/mol. The van der Waals surface area contributed by atoms with Crippen LogP contribution in [0.3, 0.4) is 0 Å². The maximum atomic E-state index is 9.39. The van der Waals surface area contributed by atoms with E-state index in [-0.39, 0.29) is 0 Å². The maximum absolute atomic E-state index is 9.39. The van der Waals surface area contributed by atoms with Crippen LogP contribution in [-0.2, 0) is 18.0 Å². The first-order valence-electron chi connectivity index (χ1n) is 5.70. The molecule has 2 N–H and O–H groups in total. The molecule has 1 atom stereocenters. The van der Waals surface area contributed by atoms with Gasteiger partial charge >= 0.3 is 8.80 Å². The van der Waals surface area contributed by atoms with Gasteiger partial charge in [-0.1, -0.05) is 0 Å². The molecule has 104 valence electrons. The summed E-state index contributed by atoms with van der Waals surface area (Å²) in [5.74, 6) is 0. The minimum Gasteiger partial charge on any atom is -0.389 e. The van der Waals surface area contributed by atoms with Crippen molar-refractivity contribution >= 4 is 8.80 Å². The van der Waals surface area contributed by atoms with Gasteiger partial charge in [0.1, 0.15) is 0 Å². The topological polar surface area (TPSA) is 69.2 Å². The third-order valence-corrected chi connectivity index (χ3v) is 5.29. The molecule has 0 saturated carbocycles. The van der Waals surface area contributed by atoms with E-state index in [1.807, 2.05) is 0 Å². The van der Waals surface area contributed by atoms with Crippen molar-refractivity contribution < 1.29 is 23.1 Å². The van der Waals surface area contributed by atoms with Gasteiger partial charge < -0.3 is 28.4 Å². The lowest BCUT2D eigenvalue weighted by Gasteiger charge is -2.24. The molecule has 0 bridgehead atoms. The van der Waals surface area contributed by atoms with E-state index in [1.54, 1.807) is 28.4 Å². The van der Waals surface area contributed by atoms with E-state index in [0.29, 0.717) is 25.8 Å². The fourth-order valence-corrected chi connectivity index (χ4v) is 3.15. The van der Waals surface area contributed by atoms with Gasteiger partial charge in [-0.15, -0.1) is 0 Å². The lowest BCUT2D eigenvalue weighted by atomic mass is 10.4. The molecule has 1 unspecified atom stereocenters. The van der Waals surface area contributed by atoms with Crippen LogP contribution < -0.4 is 5.32 Å². The van der Waals surface area contributed by atoms with Gasteiger partial charge in [0, 0.05) is 40.5 Å². The van der Waals surface area contributed by atoms with Gasteiger partial charge in [-0.3, -0.25) is 0 Å². The van der Waals surface area contributed by atoms with E-state index in [1.165, 1.54) is 0 Å². The van der Waals surface area contributed by atoms with Crippen molar-refractivity contribution in [3.63, 3.8) is 0 Å². The van der Waals surface area contributed by atoms with Crippen molar-refractivity contribution in [3.05, 3.63) is 0 Å². The number of ether oxygens (including phenoxy) is 1. The normalized spacial score (nSPS) is 13.9. The third-order valence-electron chi connectivity index (χ3n) is 2.45. The molecule has 0 radical (unpaired) electrons. The Morgan fingerprint density at radius 1 is 1.18 bits per heavy atom. The fourth-order valence-electron chi connectivity index (χ4n) is 1.46. The van der Waals surface area contributed by atoms with Crippen molar-refractivity contribution in [3.8, 4) is 0 Å². The standard InChI is InChI=1S/C10H25NO5Si/c1-11-8-10(12)9-16-6-5-7-17(13-2,14-3)15-4/h10-12H,5-9H2,1-4H3. The summed E-state index contributed by atoms with van der Waals surface area (Å²) >= 11 is 0. The van der Waals surface area contributed by atoms with Crippen LogP contribution in [0.25, 0.3) is 0 Å². The quantitative estimate of drug-likeness (QED) is 0.401. The molecule has 0 aromatic rings. The fraction of sp³-hybridized carbons (Fsp3) is 1.00. The zero-order valence-electron chi connectivity index (χ0n) is 11.2. The number of hydrogen-bond donors (Lipinski definition) is 2. The van der Waals surface area contributed by atoms with Crippen LogP contribution in [0.1, 0.15) is 6.42 Å². The summed E-state index contributed by atoms with van der Waals surface area (Å²) in [6.07, 6.45) is 0.322. The number of aliphatic hydroxyl groups is 1. The van der Waals surface area contributed by atoms with Gasteiger partial charge in [0.2, 0.25) is 0 Å². The van der Waals surface area contributed by atoms with E-state index in [4.69, 9.17) is 18.0 Å². The van der Waals surface area contributed by atoms with Crippen molar-refractivity contribution in [1.29, 1.82) is 0 Å². The zero-order chi connectivity index (χ0) is 13.1. The highest BCUT2D eigenvalue weighted by Gasteiger charge is 2.36. The SMILES string of the molecule is CNCC(O)COCCC[Si](OC)(OC)OC. The summed E-state index contributed by atoms with van der Waals surface area (Å²) in [4.78, 5) is 0. The molecule has 0 aliphatic rings. The molecule has 0 heterocycles. The first kappa shape index (κ1) is 17.0. The average Bonchev–Trinajstić information content (AvgIpc) is 2.35. The molecule has 0 fully saturated rings. The molecule has 0 rings (SSSR count). The second kappa shape index (κ2) is 9.95. The van der Waals surface area contributed by atoms with Crippen molar-refractivity contribution in [2.24, 2.45) is 0 Å². The van der Waals surface area contributed by atoms with Crippen LogP contribution in [0.15, 0.2) is 0 Å². The van der Waals surface area contributed by atoms with Gasteiger partial charge in [-0.25, -0.2) is 0 Å². The zero-order valence-corrected chi connectivity index (χ0v) is 12.2. The Kier molecular flexibility index (Phi) is 9.94. The van der Waals surface area contributed by atoms with Crippen LogP contribution in [0, 0.1) is 0 Å². The Bertz CT molecular complexity index is 172. The minimum atomic E-state index is -2.46. The van der Waals surface area contributed by atoms with Gasteiger partial charge in [-0.05, 0) is 13.5 Å². The lowest BCUT2D eigenvalue weighted by molar-refractivity contribution is 0.0361. The molecular weight excluding hydrogens is 242 g/mol. The molecular formula is C10H25NO5Si. The van der Waals surface area contributed by atoms with Gasteiger partial charge in [0.15, 0.2) is 0 Å². The summed E-state index contributed by atoms with van der Waals surface area (Å²) in [6.45, 7) is 1.43. The van der Waals surface area contributed by atoms with Gasteiger partial charge in [0.25, 0.3) is 0 Å². The van der Waals surface area contributed by atoms with Crippen molar-refractivity contribution in [2.45, 2.75) is 18.6 Å². The largest absolute Gasteiger partial charge is 0.500 e. The van der Waals surface area contributed by atoms with Gasteiger partial charge in [-0.2, -0.15) is 0 Å². The number of aliphatic hydroxyl groups excluding tert-OH is 1. The molecule has 6 nitrogen and oxygen atoms in total. The summed E-state index contributed by atoms with van der Waals surface area (Å²) < 4.78 is 21.2. The van der Waals surface area contributed by atoms with E-state index in [9.17, 15) is 5.11 Å². The molecule has 0 aliphatic carbocycles. The predicted molar refractivity (Wildman–Crippen MR) is 67.0 cm³/mol. The first-order valence-corrected chi connectivity index (χ1v) is 7.63. The molecule has 0 aromatic heterocycles. The first-order chi connectivity index (χ1) is 8.14. The lowest BCUT2D eigenvalue weighted by Crippen LogP contribution is -2.42. The highest BCUT2D eigenvalue weighted by molar-refractivity contribution is 6.60. The van der Waals surface area contributed by atoms with E-state index in [2.05, 4.69) is 5.32 Å². The number of rotatable bonds is 11. The maximum Gasteiger partial charge on any atom is 0.500 e. The van der Waals surface area contributed by atoms with E-state index < -0.39 is 14.9 Å². The van der Waals surface area contributed by atoms with Crippen molar-refractivity contribution in [2.75, 3.05) is 48.1 Å². The number of nitrogens with one attached hydrogen (secondary N) is 1. The molecule has 0 saturated heterocycles. The van der Waals surface area contributed by atoms with Crippen LogP contribution in [0.4, 0.5) is 0 Å². The highest BCUT2D eigenvalue weighted by Crippen LogP contribution is 2.14. The summed E-state index contributed by atoms with van der Waals surface area (Å²) in [5.41, 5.74) is 0. The third kappa shape index (κ3) is 7.09. The molecule has 0 spiro atoms. The molecule has 0 aromatic carbocycles. The summed E-state index contributed by atoms with van der Waals surface area (Å²) in [6, 6.07) is 0.707. The second-order valence-corrected chi connectivity index (χ2v) is 6.78. The second-order valence-electron chi connectivity index (χ2n) is 3.69. The van der Waals surface area contributed by atoms with Crippen LogP contribution in [-0.4, -0.2) is 68.2 Å². The number of hydrogen-bond acceptors (Lipinski definition) is 6. The van der Waals surface area contributed by atoms with Crippen LogP contribution in [0.5, 0.6) is 0 Å². The molecule has 0 amide bonds. The minimum absolute atomic E-state index is 0.336. The predicted octanol–water partition coefficient (Wildman–Crippen LogP) is -0.149. The number of likely N-dealkylation sites (N-methyl/N-ethyl adjacent to an activating group) is 1. The Balaban J connectivity index is 3.62. The smallest absolute Gasteiger partial charge is 0.389 e. The molecule has 0 aliphatic heterocycles. The molecule has 17 heavy (non-hydrogen) atoms. The molecule has 7 heteroatoms. The summed E-state index contributed by atoms with van der Waals surface area (Å²) in [7, 11) is 4.11. The van der Waals surface area contributed by atoms with Gasteiger partial charge in [0.05, 0.1) is 12.7 Å². The van der Waals surface area contributed by atoms with Crippen LogP contribution in [0.2, 0.25) is 6.04 Å². The van der Waals surface area contributed by atoms with Crippen LogP contribution >= 0.6 is 0 Å². The Hall–Kier alpha value is -0.0231. The Labute approximate surface area is 105 Å². The summed E-state index contributed by atoms with van der Waals surface area (Å²) in [5, 5.41) is 12.3. The highest BCUT2D eigenvalue weighted by atomic mass is 28.4. The van der Waals surface area contributed by atoms with Crippen molar-refractivity contribution in [1.82, 2.24) is 5.32 Å². The average molecular weight is 267 g/mol. The van der Waals surface area contributed by atoms with E-state index in [0.717, 1.165) is 6.42 Å². The Morgan fingerprint density at radius 2 is 1.76 bits per heavy atom. The Morgan fingerprint density at radius 3 is 2.24 bits per heavy atom.